The van der Waals surface area contributed by atoms with Crippen LogP contribution in [-0.2, 0) is 0 Å². The minimum atomic E-state index is -0.436. The summed E-state index contributed by atoms with van der Waals surface area (Å²) in [6.45, 7) is 0. The molecule has 0 aliphatic heterocycles. The maximum absolute atomic E-state index is 13.2. The van der Waals surface area contributed by atoms with Crippen LogP contribution >= 0.6 is 31.9 Å². The van der Waals surface area contributed by atoms with Gasteiger partial charge in [0.2, 0.25) is 0 Å². The van der Waals surface area contributed by atoms with Gasteiger partial charge in [-0.2, -0.15) is 0 Å². The molecule has 21 heavy (non-hydrogen) atoms. The van der Waals surface area contributed by atoms with E-state index < -0.39 is 6.04 Å². The van der Waals surface area contributed by atoms with E-state index in [4.69, 9.17) is 15.2 Å². The zero-order valence-corrected chi connectivity index (χ0v) is 14.7. The van der Waals surface area contributed by atoms with Crippen LogP contribution in [0.2, 0.25) is 0 Å². The predicted molar refractivity (Wildman–Crippen MR) is 87.4 cm³/mol. The van der Waals surface area contributed by atoms with Crippen molar-refractivity contribution < 1.29 is 13.9 Å². The summed E-state index contributed by atoms with van der Waals surface area (Å²) < 4.78 is 25.1. The molecule has 0 aliphatic rings. The monoisotopic (exact) mass is 417 g/mol. The number of nitrogens with two attached hydrogens (primary N) is 1. The standard InChI is InChI=1S/C15H14Br2FNO2/c1-20-13-6-10(12(17)7-14(13)21-2)15(19)9-4-3-8(18)5-11(9)16/h3-7,15H,19H2,1-2H3. The number of rotatable bonds is 4. The van der Waals surface area contributed by atoms with E-state index in [0.29, 0.717) is 16.0 Å². The Morgan fingerprint density at radius 2 is 1.52 bits per heavy atom. The molecule has 0 fully saturated rings. The molecule has 6 heteroatoms. The number of ether oxygens (including phenoxy) is 2. The van der Waals surface area contributed by atoms with Gasteiger partial charge in [0.25, 0.3) is 0 Å². The number of hydrogen-bond acceptors (Lipinski definition) is 3. The van der Waals surface area contributed by atoms with Crippen molar-refractivity contribution in [2.45, 2.75) is 6.04 Å². The molecule has 0 heterocycles. The van der Waals surface area contributed by atoms with Gasteiger partial charge in [-0.05, 0) is 35.4 Å². The van der Waals surface area contributed by atoms with Crippen molar-refractivity contribution in [3.05, 3.63) is 56.2 Å². The first-order valence-electron chi connectivity index (χ1n) is 6.10. The highest BCUT2D eigenvalue weighted by Crippen LogP contribution is 2.38. The van der Waals surface area contributed by atoms with Crippen molar-refractivity contribution in [3.63, 3.8) is 0 Å². The molecule has 0 spiro atoms. The minimum absolute atomic E-state index is 0.316. The molecule has 0 saturated heterocycles. The first kappa shape index (κ1) is 16.3. The Hall–Kier alpha value is -1.11. The van der Waals surface area contributed by atoms with Crippen LogP contribution in [0.25, 0.3) is 0 Å². The third-order valence-corrected chi connectivity index (χ3v) is 4.51. The summed E-state index contributed by atoms with van der Waals surface area (Å²) in [7, 11) is 3.13. The summed E-state index contributed by atoms with van der Waals surface area (Å²) in [6.07, 6.45) is 0. The lowest BCUT2D eigenvalue weighted by atomic mass is 9.99. The number of benzene rings is 2. The molecule has 3 nitrogen and oxygen atoms in total. The van der Waals surface area contributed by atoms with E-state index >= 15 is 0 Å². The lowest BCUT2D eigenvalue weighted by Gasteiger charge is -2.18. The Labute approximate surface area is 139 Å². The first-order chi connectivity index (χ1) is 9.97. The van der Waals surface area contributed by atoms with Crippen LogP contribution in [0.3, 0.4) is 0 Å². The van der Waals surface area contributed by atoms with Crippen molar-refractivity contribution in [1.82, 2.24) is 0 Å². The van der Waals surface area contributed by atoms with Crippen LogP contribution in [-0.4, -0.2) is 14.2 Å². The van der Waals surface area contributed by atoms with E-state index in [1.165, 1.54) is 12.1 Å². The van der Waals surface area contributed by atoms with Crippen LogP contribution in [0.5, 0.6) is 11.5 Å². The fraction of sp³-hybridized carbons (Fsp3) is 0.200. The third kappa shape index (κ3) is 3.39. The molecule has 1 atom stereocenters. The smallest absolute Gasteiger partial charge is 0.161 e. The fourth-order valence-electron chi connectivity index (χ4n) is 2.03. The van der Waals surface area contributed by atoms with Gasteiger partial charge >= 0.3 is 0 Å². The van der Waals surface area contributed by atoms with Crippen LogP contribution in [0, 0.1) is 5.82 Å². The second-order valence-corrected chi connectivity index (χ2v) is 6.08. The van der Waals surface area contributed by atoms with Crippen molar-refractivity contribution in [2.24, 2.45) is 5.73 Å². The number of hydrogen-bond donors (Lipinski definition) is 1. The van der Waals surface area contributed by atoms with Gasteiger partial charge in [0.05, 0.1) is 20.3 Å². The molecule has 0 aromatic heterocycles. The Bertz CT molecular complexity index is 664. The summed E-state index contributed by atoms with van der Waals surface area (Å²) in [5.41, 5.74) is 7.91. The van der Waals surface area contributed by atoms with Crippen molar-refractivity contribution in [1.29, 1.82) is 0 Å². The summed E-state index contributed by atoms with van der Waals surface area (Å²) in [6, 6.07) is 7.61. The quantitative estimate of drug-likeness (QED) is 0.799. The van der Waals surface area contributed by atoms with Crippen molar-refractivity contribution >= 4 is 31.9 Å². The van der Waals surface area contributed by atoms with Gasteiger partial charge < -0.3 is 15.2 Å². The highest BCUT2D eigenvalue weighted by atomic mass is 79.9. The largest absolute Gasteiger partial charge is 0.493 e. The summed E-state index contributed by atoms with van der Waals surface area (Å²) >= 11 is 6.83. The van der Waals surface area contributed by atoms with Gasteiger partial charge in [-0.15, -0.1) is 0 Å². The summed E-state index contributed by atoms with van der Waals surface area (Å²) in [5, 5.41) is 0. The summed E-state index contributed by atoms with van der Waals surface area (Å²) in [4.78, 5) is 0. The van der Waals surface area contributed by atoms with Gasteiger partial charge in [0.1, 0.15) is 5.82 Å². The molecule has 0 radical (unpaired) electrons. The van der Waals surface area contributed by atoms with E-state index in [-0.39, 0.29) is 5.82 Å². The van der Waals surface area contributed by atoms with Crippen molar-refractivity contribution in [2.75, 3.05) is 14.2 Å². The molecule has 2 N–H and O–H groups in total. The second kappa shape index (κ2) is 6.77. The number of halogens is 3. The molecule has 0 amide bonds. The van der Waals surface area contributed by atoms with E-state index in [2.05, 4.69) is 31.9 Å². The van der Waals surface area contributed by atoms with E-state index in [1.807, 2.05) is 6.07 Å². The molecule has 0 aliphatic carbocycles. The Balaban J connectivity index is 2.50. The normalized spacial score (nSPS) is 12.1. The molecule has 112 valence electrons. The number of methoxy groups -OCH3 is 2. The summed E-state index contributed by atoms with van der Waals surface area (Å²) in [5.74, 6) is 0.882. The molecular formula is C15H14Br2FNO2. The SMILES string of the molecule is COc1cc(Br)c(C(N)c2ccc(F)cc2Br)cc1OC. The van der Waals surface area contributed by atoms with Gasteiger partial charge in [0, 0.05) is 8.95 Å². The highest BCUT2D eigenvalue weighted by Gasteiger charge is 2.18. The van der Waals surface area contributed by atoms with E-state index in [1.54, 1.807) is 26.4 Å². The predicted octanol–water partition coefficient (Wildman–Crippen LogP) is 4.42. The van der Waals surface area contributed by atoms with Crippen LogP contribution in [0.1, 0.15) is 17.2 Å². The molecule has 0 bridgehead atoms. The van der Waals surface area contributed by atoms with Gasteiger partial charge in [-0.25, -0.2) is 4.39 Å². The zero-order chi connectivity index (χ0) is 15.6. The average molecular weight is 419 g/mol. The lowest BCUT2D eigenvalue weighted by molar-refractivity contribution is 0.354. The highest BCUT2D eigenvalue weighted by molar-refractivity contribution is 9.10. The topological polar surface area (TPSA) is 44.5 Å². The van der Waals surface area contributed by atoms with Gasteiger partial charge in [-0.1, -0.05) is 37.9 Å². The zero-order valence-electron chi connectivity index (χ0n) is 11.5. The van der Waals surface area contributed by atoms with Crippen LogP contribution in [0.4, 0.5) is 4.39 Å². The Morgan fingerprint density at radius 3 is 2.10 bits per heavy atom. The van der Waals surface area contributed by atoms with Crippen LogP contribution < -0.4 is 15.2 Å². The molecular weight excluding hydrogens is 405 g/mol. The average Bonchev–Trinajstić information content (AvgIpc) is 2.46. The maximum atomic E-state index is 13.2. The molecule has 2 rings (SSSR count). The third-order valence-electron chi connectivity index (χ3n) is 3.14. The van der Waals surface area contributed by atoms with Gasteiger partial charge in [-0.3, -0.25) is 0 Å². The molecule has 0 saturated carbocycles. The molecule has 1 unspecified atom stereocenters. The first-order valence-corrected chi connectivity index (χ1v) is 7.68. The van der Waals surface area contributed by atoms with Crippen molar-refractivity contribution in [3.8, 4) is 11.5 Å². The van der Waals surface area contributed by atoms with E-state index in [0.717, 1.165) is 15.6 Å². The van der Waals surface area contributed by atoms with Gasteiger partial charge in [0.15, 0.2) is 11.5 Å². The Kier molecular flexibility index (Phi) is 5.24. The van der Waals surface area contributed by atoms with E-state index in [9.17, 15) is 4.39 Å². The molecule has 2 aromatic carbocycles. The Morgan fingerprint density at radius 1 is 0.952 bits per heavy atom. The second-order valence-electron chi connectivity index (χ2n) is 4.37. The molecule has 2 aromatic rings. The minimum Gasteiger partial charge on any atom is -0.493 e. The maximum Gasteiger partial charge on any atom is 0.161 e. The fourth-order valence-corrected chi connectivity index (χ4v) is 3.20. The lowest BCUT2D eigenvalue weighted by Crippen LogP contribution is -2.13. The van der Waals surface area contributed by atoms with Crippen LogP contribution in [0.15, 0.2) is 39.3 Å².